The molecule has 3 rings (SSSR count). The van der Waals surface area contributed by atoms with Crippen LogP contribution >= 0.6 is 7.60 Å². The van der Waals surface area contributed by atoms with Gasteiger partial charge in [-0.1, -0.05) is 6.58 Å². The van der Waals surface area contributed by atoms with Crippen LogP contribution in [0.4, 0.5) is 0 Å². The van der Waals surface area contributed by atoms with E-state index in [4.69, 9.17) is 14.5 Å². The van der Waals surface area contributed by atoms with Crippen molar-refractivity contribution < 1.29 is 19.1 Å². The highest BCUT2D eigenvalue weighted by molar-refractivity contribution is 7.51. The Kier molecular flexibility index (Phi) is 3.65. The van der Waals surface area contributed by atoms with Crippen molar-refractivity contribution >= 4 is 18.8 Å². The van der Waals surface area contributed by atoms with E-state index < -0.39 is 13.9 Å². The Morgan fingerprint density at radius 2 is 2.18 bits per heavy atom. The number of aryl methyl sites for hydroxylation is 1. The number of ether oxygens (including phenoxy) is 1. The first kappa shape index (κ1) is 15.3. The Bertz CT molecular complexity index is 777. The molecule has 22 heavy (non-hydrogen) atoms. The summed E-state index contributed by atoms with van der Waals surface area (Å²) in [5.74, 6) is 0. The van der Waals surface area contributed by atoms with Gasteiger partial charge in [-0.25, -0.2) is 15.0 Å². The van der Waals surface area contributed by atoms with Gasteiger partial charge < -0.3 is 19.1 Å². The third-order valence-corrected chi connectivity index (χ3v) is 4.41. The molecule has 0 unspecified atom stereocenters. The van der Waals surface area contributed by atoms with E-state index in [-0.39, 0.29) is 12.1 Å². The molecular formula is C13H17N4O4P. The summed E-state index contributed by atoms with van der Waals surface area (Å²) in [6.07, 6.45) is 4.36. The van der Waals surface area contributed by atoms with Crippen LogP contribution in [-0.4, -0.2) is 42.3 Å². The van der Waals surface area contributed by atoms with Crippen LogP contribution in [0.3, 0.4) is 0 Å². The van der Waals surface area contributed by atoms with Gasteiger partial charge in [-0.15, -0.1) is 0 Å². The summed E-state index contributed by atoms with van der Waals surface area (Å²) in [5, 5.41) is 0. The third kappa shape index (κ3) is 2.70. The molecule has 0 aromatic carbocycles. The molecule has 0 radical (unpaired) electrons. The molecule has 2 aromatic heterocycles. The first-order valence-electron chi connectivity index (χ1n) is 6.79. The number of hydrogen-bond acceptors (Lipinski definition) is 5. The summed E-state index contributed by atoms with van der Waals surface area (Å²) in [6, 6.07) is 0. The van der Waals surface area contributed by atoms with Crippen molar-refractivity contribution in [2.45, 2.75) is 25.3 Å². The van der Waals surface area contributed by atoms with Crippen molar-refractivity contribution in [1.82, 2.24) is 19.5 Å². The smallest absolute Gasteiger partial charge is 0.350 e. The number of nitrogens with zero attached hydrogens (tertiary/aromatic N) is 4. The van der Waals surface area contributed by atoms with Crippen molar-refractivity contribution in [2.24, 2.45) is 0 Å². The molecule has 1 aliphatic rings. The van der Waals surface area contributed by atoms with Crippen LogP contribution in [-0.2, 0) is 14.8 Å². The number of fused-ring (bicyclic) bond motifs is 1. The molecule has 1 fully saturated rings. The van der Waals surface area contributed by atoms with E-state index in [1.807, 2.05) is 11.5 Å². The third-order valence-electron chi connectivity index (χ3n) is 3.90. The van der Waals surface area contributed by atoms with Crippen LogP contribution < -0.4 is 0 Å². The summed E-state index contributed by atoms with van der Waals surface area (Å²) in [5.41, 5.74) is 2.73. The molecular weight excluding hydrogens is 307 g/mol. The minimum atomic E-state index is -4.16. The van der Waals surface area contributed by atoms with Crippen molar-refractivity contribution in [1.29, 1.82) is 0 Å². The van der Waals surface area contributed by atoms with Crippen LogP contribution in [0.15, 0.2) is 24.8 Å². The zero-order valence-corrected chi connectivity index (χ0v) is 13.0. The molecule has 118 valence electrons. The molecule has 0 amide bonds. The highest BCUT2D eigenvalue weighted by Gasteiger charge is 2.48. The molecule has 1 saturated carbocycles. The Morgan fingerprint density at radius 3 is 2.82 bits per heavy atom. The SMILES string of the molecule is C=C(COCP(=O)(O)O)C1(n2cnc3c(C)ncnc32)CC1. The van der Waals surface area contributed by atoms with Gasteiger partial charge >= 0.3 is 7.60 Å². The van der Waals surface area contributed by atoms with Crippen LogP contribution in [0.1, 0.15) is 18.5 Å². The summed E-state index contributed by atoms with van der Waals surface area (Å²) in [7, 11) is -4.16. The van der Waals surface area contributed by atoms with Crippen molar-refractivity contribution in [3.8, 4) is 0 Å². The van der Waals surface area contributed by atoms with Crippen molar-refractivity contribution in [2.75, 3.05) is 13.0 Å². The number of imidazole rings is 1. The van der Waals surface area contributed by atoms with Gasteiger partial charge in [0.2, 0.25) is 0 Å². The average Bonchev–Trinajstić information content (AvgIpc) is 3.11. The lowest BCUT2D eigenvalue weighted by Gasteiger charge is -2.20. The van der Waals surface area contributed by atoms with Crippen molar-refractivity contribution in [3.05, 3.63) is 30.5 Å². The van der Waals surface area contributed by atoms with Gasteiger partial charge in [0.1, 0.15) is 18.2 Å². The summed E-state index contributed by atoms with van der Waals surface area (Å²) in [6.45, 7) is 5.99. The second-order valence-corrected chi connectivity index (χ2v) is 7.11. The predicted molar refractivity (Wildman–Crippen MR) is 79.3 cm³/mol. The van der Waals surface area contributed by atoms with E-state index in [0.29, 0.717) is 0 Å². The monoisotopic (exact) mass is 324 g/mol. The molecule has 8 nitrogen and oxygen atoms in total. The van der Waals surface area contributed by atoms with Gasteiger partial charge in [0.05, 0.1) is 24.2 Å². The van der Waals surface area contributed by atoms with E-state index in [1.54, 1.807) is 6.33 Å². The second kappa shape index (κ2) is 5.24. The molecule has 0 saturated heterocycles. The van der Waals surface area contributed by atoms with E-state index >= 15 is 0 Å². The Labute approximate surface area is 127 Å². The van der Waals surface area contributed by atoms with Gasteiger partial charge in [-0.3, -0.25) is 4.57 Å². The lowest BCUT2D eigenvalue weighted by molar-refractivity contribution is 0.171. The fourth-order valence-corrected chi connectivity index (χ4v) is 2.90. The van der Waals surface area contributed by atoms with E-state index in [2.05, 4.69) is 21.5 Å². The molecule has 9 heteroatoms. The van der Waals surface area contributed by atoms with E-state index in [0.717, 1.165) is 35.3 Å². The lowest BCUT2D eigenvalue weighted by atomic mass is 10.1. The normalized spacial score (nSPS) is 16.9. The summed E-state index contributed by atoms with van der Waals surface area (Å²) >= 11 is 0. The van der Waals surface area contributed by atoms with Crippen LogP contribution in [0.25, 0.3) is 11.2 Å². The first-order valence-corrected chi connectivity index (χ1v) is 8.59. The molecule has 0 bridgehead atoms. The quantitative estimate of drug-likeness (QED) is 0.609. The highest BCUT2D eigenvalue weighted by atomic mass is 31.2. The molecule has 0 spiro atoms. The molecule has 0 aliphatic heterocycles. The van der Waals surface area contributed by atoms with Gasteiger partial charge in [-0.2, -0.15) is 0 Å². The second-order valence-electron chi connectivity index (χ2n) is 5.52. The first-order chi connectivity index (χ1) is 10.3. The number of hydrogen-bond donors (Lipinski definition) is 2. The fourth-order valence-electron chi connectivity index (χ4n) is 2.57. The predicted octanol–water partition coefficient (Wildman–Crippen LogP) is 1.33. The fraction of sp³-hybridized carbons (Fsp3) is 0.462. The average molecular weight is 324 g/mol. The topological polar surface area (TPSA) is 110 Å². The van der Waals surface area contributed by atoms with Crippen LogP contribution in [0.2, 0.25) is 0 Å². The van der Waals surface area contributed by atoms with Gasteiger partial charge in [-0.05, 0) is 25.3 Å². The number of aromatic nitrogens is 4. The Morgan fingerprint density at radius 1 is 1.45 bits per heavy atom. The molecule has 0 atom stereocenters. The van der Waals surface area contributed by atoms with Crippen LogP contribution in [0.5, 0.6) is 0 Å². The Balaban J connectivity index is 1.82. The molecule has 2 N–H and O–H groups in total. The molecule has 2 aromatic rings. The summed E-state index contributed by atoms with van der Waals surface area (Å²) in [4.78, 5) is 30.4. The zero-order chi connectivity index (χ0) is 16.0. The lowest BCUT2D eigenvalue weighted by Crippen LogP contribution is -2.22. The minimum absolute atomic E-state index is 0.0921. The summed E-state index contributed by atoms with van der Waals surface area (Å²) < 4.78 is 17.9. The minimum Gasteiger partial charge on any atom is -0.364 e. The molecule has 2 heterocycles. The van der Waals surface area contributed by atoms with Crippen LogP contribution in [0, 0.1) is 6.92 Å². The van der Waals surface area contributed by atoms with E-state index in [9.17, 15) is 4.57 Å². The van der Waals surface area contributed by atoms with Gasteiger partial charge in [0.25, 0.3) is 0 Å². The van der Waals surface area contributed by atoms with Gasteiger partial charge in [0, 0.05) is 0 Å². The number of rotatable bonds is 6. The highest BCUT2D eigenvalue weighted by Crippen LogP contribution is 2.50. The molecule has 1 aliphatic carbocycles. The maximum Gasteiger partial charge on any atom is 0.350 e. The standard InChI is InChI=1S/C13H17N4O4P/c1-9(5-21-8-22(18,19)20)13(3-4-13)17-7-16-11-10(2)14-6-15-12(11)17/h6-7H,1,3-5,8H2,2H3,(H2,18,19,20). The van der Waals surface area contributed by atoms with E-state index in [1.165, 1.54) is 6.33 Å². The maximum absolute atomic E-state index is 10.8. The van der Waals surface area contributed by atoms with Crippen molar-refractivity contribution in [3.63, 3.8) is 0 Å². The maximum atomic E-state index is 10.8. The zero-order valence-electron chi connectivity index (χ0n) is 12.1. The largest absolute Gasteiger partial charge is 0.364 e. The van der Waals surface area contributed by atoms with Gasteiger partial charge in [0.15, 0.2) is 5.65 Å². The Hall–Kier alpha value is -1.60.